The summed E-state index contributed by atoms with van der Waals surface area (Å²) in [6.45, 7) is 3.98. The fourth-order valence-corrected chi connectivity index (χ4v) is 3.14. The Bertz CT molecular complexity index is 588. The number of aryl methyl sites for hydroxylation is 2. The van der Waals surface area contributed by atoms with Crippen LogP contribution in [0.25, 0.3) is 10.9 Å². The van der Waals surface area contributed by atoms with E-state index in [4.69, 9.17) is 0 Å². The van der Waals surface area contributed by atoms with Gasteiger partial charge < -0.3 is 15.0 Å². The zero-order valence-electron chi connectivity index (χ0n) is 11.7. The fraction of sp³-hybridized carbons (Fsp3) is 0.500. The Hall–Kier alpha value is -1.32. The lowest BCUT2D eigenvalue weighted by molar-refractivity contribution is 0.0793. The number of hydrogen-bond donors (Lipinski definition) is 2. The number of rotatable bonds is 2. The number of nitrogens with zero attached hydrogens (tertiary/aromatic N) is 1. The summed E-state index contributed by atoms with van der Waals surface area (Å²) in [7, 11) is 2.10. The van der Waals surface area contributed by atoms with Crippen molar-refractivity contribution in [3.05, 3.63) is 35.5 Å². The molecule has 19 heavy (non-hydrogen) atoms. The van der Waals surface area contributed by atoms with Gasteiger partial charge in [-0.05, 0) is 43.5 Å². The minimum absolute atomic E-state index is 0.165. The van der Waals surface area contributed by atoms with E-state index in [1.807, 2.05) is 0 Å². The van der Waals surface area contributed by atoms with Crippen LogP contribution in [-0.4, -0.2) is 28.9 Å². The molecule has 1 saturated heterocycles. The van der Waals surface area contributed by atoms with Gasteiger partial charge in [-0.2, -0.15) is 0 Å². The molecule has 2 heterocycles. The third-order valence-electron chi connectivity index (χ3n) is 4.28. The van der Waals surface area contributed by atoms with Crippen LogP contribution in [0.1, 0.15) is 17.5 Å². The Kier molecular flexibility index (Phi) is 3.33. The number of hydrogen-bond acceptors (Lipinski definition) is 2. The van der Waals surface area contributed by atoms with Crippen molar-refractivity contribution in [2.24, 2.45) is 13.0 Å². The lowest BCUT2D eigenvalue weighted by Crippen LogP contribution is -2.40. The van der Waals surface area contributed by atoms with Crippen LogP contribution in [-0.2, 0) is 13.5 Å². The molecule has 2 aromatic rings. The number of aromatic nitrogens is 1. The summed E-state index contributed by atoms with van der Waals surface area (Å²) in [5.74, 6) is 0.334. The lowest BCUT2D eigenvalue weighted by Gasteiger charge is -2.28. The average Bonchev–Trinajstić information content (AvgIpc) is 2.69. The van der Waals surface area contributed by atoms with Gasteiger partial charge in [0.25, 0.3) is 0 Å². The first-order chi connectivity index (χ1) is 9.15. The molecule has 1 aliphatic heterocycles. The van der Waals surface area contributed by atoms with Gasteiger partial charge in [0.2, 0.25) is 0 Å². The maximum Gasteiger partial charge on any atom is 0.0595 e. The molecule has 0 amide bonds. The Morgan fingerprint density at radius 1 is 1.42 bits per heavy atom. The van der Waals surface area contributed by atoms with E-state index in [0.29, 0.717) is 5.92 Å². The molecule has 0 bridgehead atoms. The van der Waals surface area contributed by atoms with Gasteiger partial charge in [-0.15, -0.1) is 0 Å². The number of piperidine rings is 1. The first kappa shape index (κ1) is 12.7. The molecular formula is C16H22N2O. The normalized spacial score (nSPS) is 23.9. The quantitative estimate of drug-likeness (QED) is 0.864. The molecule has 102 valence electrons. The molecule has 0 aliphatic carbocycles. The van der Waals surface area contributed by atoms with E-state index in [-0.39, 0.29) is 6.10 Å². The molecule has 0 radical (unpaired) electrons. The number of aliphatic hydroxyl groups is 1. The van der Waals surface area contributed by atoms with E-state index in [9.17, 15) is 5.11 Å². The summed E-state index contributed by atoms with van der Waals surface area (Å²) < 4.78 is 2.19. The number of aliphatic hydroxyl groups excluding tert-OH is 1. The standard InChI is InChI=1S/C16H22N2O/c1-11-3-4-14-13(10-18(2)15(14)7-11)8-12-9-17-6-5-16(12)19/h3-4,7,10,12,16-17,19H,5-6,8-9H2,1-2H3. The molecular weight excluding hydrogens is 236 g/mol. The first-order valence-corrected chi connectivity index (χ1v) is 7.08. The highest BCUT2D eigenvalue weighted by Crippen LogP contribution is 2.26. The maximum absolute atomic E-state index is 10.1. The summed E-state index contributed by atoms with van der Waals surface area (Å²) in [4.78, 5) is 0. The second kappa shape index (κ2) is 4.99. The Morgan fingerprint density at radius 3 is 3.05 bits per heavy atom. The van der Waals surface area contributed by atoms with E-state index in [0.717, 1.165) is 25.9 Å². The van der Waals surface area contributed by atoms with Crippen molar-refractivity contribution in [2.45, 2.75) is 25.9 Å². The number of fused-ring (bicyclic) bond motifs is 1. The largest absolute Gasteiger partial charge is 0.393 e. The Morgan fingerprint density at radius 2 is 2.26 bits per heavy atom. The van der Waals surface area contributed by atoms with Gasteiger partial charge in [0.05, 0.1) is 6.10 Å². The Balaban J connectivity index is 1.92. The zero-order chi connectivity index (χ0) is 13.4. The summed E-state index contributed by atoms with van der Waals surface area (Å²) in [6.07, 6.45) is 3.87. The summed E-state index contributed by atoms with van der Waals surface area (Å²) in [5.41, 5.74) is 3.93. The van der Waals surface area contributed by atoms with E-state index in [1.54, 1.807) is 0 Å². The summed E-state index contributed by atoms with van der Waals surface area (Å²) >= 11 is 0. The van der Waals surface area contributed by atoms with Gasteiger partial charge in [0.1, 0.15) is 0 Å². The van der Waals surface area contributed by atoms with Gasteiger partial charge in [-0.25, -0.2) is 0 Å². The average molecular weight is 258 g/mol. The van der Waals surface area contributed by atoms with Crippen LogP contribution in [0.15, 0.2) is 24.4 Å². The first-order valence-electron chi connectivity index (χ1n) is 7.08. The molecule has 2 unspecified atom stereocenters. The molecule has 1 aromatic heterocycles. The van der Waals surface area contributed by atoms with Gasteiger partial charge in [0.15, 0.2) is 0 Å². The van der Waals surface area contributed by atoms with Gasteiger partial charge in [-0.1, -0.05) is 12.1 Å². The van der Waals surface area contributed by atoms with Crippen LogP contribution in [0.2, 0.25) is 0 Å². The highest BCUT2D eigenvalue weighted by Gasteiger charge is 2.24. The minimum Gasteiger partial charge on any atom is -0.393 e. The van der Waals surface area contributed by atoms with Crippen molar-refractivity contribution < 1.29 is 5.11 Å². The molecule has 3 rings (SSSR count). The third kappa shape index (κ3) is 2.40. The van der Waals surface area contributed by atoms with Crippen LogP contribution in [0.5, 0.6) is 0 Å². The maximum atomic E-state index is 10.1. The van der Waals surface area contributed by atoms with E-state index in [2.05, 4.69) is 48.3 Å². The van der Waals surface area contributed by atoms with Crippen molar-refractivity contribution in [1.29, 1.82) is 0 Å². The molecule has 3 nitrogen and oxygen atoms in total. The minimum atomic E-state index is -0.165. The van der Waals surface area contributed by atoms with Crippen LogP contribution in [0.4, 0.5) is 0 Å². The highest BCUT2D eigenvalue weighted by molar-refractivity contribution is 5.84. The second-order valence-electron chi connectivity index (χ2n) is 5.81. The van der Waals surface area contributed by atoms with Crippen molar-refractivity contribution >= 4 is 10.9 Å². The van der Waals surface area contributed by atoms with E-state index >= 15 is 0 Å². The lowest BCUT2D eigenvalue weighted by atomic mass is 9.89. The molecule has 1 aromatic carbocycles. The zero-order valence-corrected chi connectivity index (χ0v) is 11.7. The summed E-state index contributed by atoms with van der Waals surface area (Å²) in [6, 6.07) is 6.61. The van der Waals surface area contributed by atoms with E-state index < -0.39 is 0 Å². The van der Waals surface area contributed by atoms with Gasteiger partial charge in [0, 0.05) is 36.6 Å². The Labute approximate surface area is 114 Å². The van der Waals surface area contributed by atoms with Gasteiger partial charge in [-0.3, -0.25) is 0 Å². The fourth-order valence-electron chi connectivity index (χ4n) is 3.14. The summed E-state index contributed by atoms with van der Waals surface area (Å²) in [5, 5.41) is 14.8. The van der Waals surface area contributed by atoms with Gasteiger partial charge >= 0.3 is 0 Å². The van der Waals surface area contributed by atoms with Crippen molar-refractivity contribution in [3.8, 4) is 0 Å². The molecule has 2 N–H and O–H groups in total. The molecule has 1 fully saturated rings. The molecule has 0 saturated carbocycles. The predicted octanol–water partition coefficient (Wildman–Crippen LogP) is 2.00. The highest BCUT2D eigenvalue weighted by atomic mass is 16.3. The molecule has 3 heteroatoms. The molecule has 2 atom stereocenters. The monoisotopic (exact) mass is 258 g/mol. The molecule has 0 spiro atoms. The second-order valence-corrected chi connectivity index (χ2v) is 5.81. The van der Waals surface area contributed by atoms with Crippen LogP contribution in [0, 0.1) is 12.8 Å². The van der Waals surface area contributed by atoms with Crippen LogP contribution < -0.4 is 5.32 Å². The van der Waals surface area contributed by atoms with Crippen molar-refractivity contribution in [1.82, 2.24) is 9.88 Å². The van der Waals surface area contributed by atoms with Crippen molar-refractivity contribution in [2.75, 3.05) is 13.1 Å². The predicted molar refractivity (Wildman–Crippen MR) is 78.3 cm³/mol. The van der Waals surface area contributed by atoms with Crippen molar-refractivity contribution in [3.63, 3.8) is 0 Å². The number of nitrogens with one attached hydrogen (secondary N) is 1. The molecule has 1 aliphatic rings. The third-order valence-corrected chi connectivity index (χ3v) is 4.28. The number of benzene rings is 1. The van der Waals surface area contributed by atoms with Crippen LogP contribution >= 0.6 is 0 Å². The van der Waals surface area contributed by atoms with Crippen LogP contribution in [0.3, 0.4) is 0 Å². The topological polar surface area (TPSA) is 37.2 Å². The van der Waals surface area contributed by atoms with E-state index in [1.165, 1.54) is 22.0 Å². The SMILES string of the molecule is Cc1ccc2c(CC3CNCCC3O)cn(C)c2c1. The smallest absolute Gasteiger partial charge is 0.0595 e.